The molecule has 0 unspecified atom stereocenters. The van der Waals surface area contributed by atoms with Crippen LogP contribution in [0.5, 0.6) is 0 Å². The zero-order chi connectivity index (χ0) is 22.6. The number of nitrogens with zero attached hydrogens (tertiary/aromatic N) is 1. The van der Waals surface area contributed by atoms with Crippen molar-refractivity contribution in [2.45, 2.75) is 37.3 Å². The highest BCUT2D eigenvalue weighted by Gasteiger charge is 2.36. The molecule has 0 spiro atoms. The first-order valence-electron chi connectivity index (χ1n) is 10.6. The molecule has 0 amide bonds. The third-order valence-electron chi connectivity index (χ3n) is 6.12. The third kappa shape index (κ3) is 6.43. The monoisotopic (exact) mass is 438 g/mol. The van der Waals surface area contributed by atoms with E-state index < -0.39 is 11.7 Å². The second-order valence-electron chi connectivity index (χ2n) is 8.76. The minimum Gasteiger partial charge on any atom is -0.402 e. The Hall–Kier alpha value is -2.12. The normalized spacial score (nSPS) is 20.7. The molecule has 0 aromatic heterocycles. The zero-order valence-electron chi connectivity index (χ0n) is 17.9. The van der Waals surface area contributed by atoms with Gasteiger partial charge < -0.3 is 15.4 Å². The molecular formula is C24H30F4N2O. The van der Waals surface area contributed by atoms with Crippen LogP contribution in [0.4, 0.5) is 17.6 Å². The van der Waals surface area contributed by atoms with E-state index in [9.17, 15) is 17.6 Å². The van der Waals surface area contributed by atoms with E-state index in [1.165, 1.54) is 12.1 Å². The fraction of sp³-hybridized carbons (Fsp3) is 0.500. The molecule has 2 fully saturated rings. The third-order valence-corrected chi connectivity index (χ3v) is 6.12. The highest BCUT2D eigenvalue weighted by Crippen LogP contribution is 2.37. The van der Waals surface area contributed by atoms with Crippen LogP contribution in [0, 0.1) is 11.7 Å². The van der Waals surface area contributed by atoms with Gasteiger partial charge in [-0.3, -0.25) is 0 Å². The summed E-state index contributed by atoms with van der Waals surface area (Å²) < 4.78 is 59.5. The number of likely N-dealkylation sites (tertiary alicyclic amines) is 1. The van der Waals surface area contributed by atoms with Crippen molar-refractivity contribution in [2.75, 3.05) is 33.4 Å². The van der Waals surface area contributed by atoms with Gasteiger partial charge in [0.2, 0.25) is 0 Å². The number of allylic oxidation sites excluding steroid dienone is 3. The van der Waals surface area contributed by atoms with Gasteiger partial charge in [0.05, 0.1) is 18.8 Å². The number of piperidine rings is 1. The topological polar surface area (TPSA) is 38.5 Å². The van der Waals surface area contributed by atoms with Crippen molar-refractivity contribution in [2.24, 2.45) is 11.7 Å². The van der Waals surface area contributed by atoms with Crippen molar-refractivity contribution >= 4 is 0 Å². The molecule has 3 rings (SSSR count). The highest BCUT2D eigenvalue weighted by molar-refractivity contribution is 5.35. The molecule has 1 aromatic carbocycles. The van der Waals surface area contributed by atoms with Crippen LogP contribution in [0.25, 0.3) is 0 Å². The lowest BCUT2D eigenvalue weighted by Gasteiger charge is -2.41. The van der Waals surface area contributed by atoms with Gasteiger partial charge in [-0.1, -0.05) is 18.7 Å². The SMILES string of the molecule is C=C(/C=C(\C=C(/N)C1CC1)C(F)(F)F)COCC1(c2ccc(F)cc2)CCN(C)CC1. The fourth-order valence-corrected chi connectivity index (χ4v) is 3.92. The van der Waals surface area contributed by atoms with E-state index in [1.807, 2.05) is 7.05 Å². The van der Waals surface area contributed by atoms with Crippen molar-refractivity contribution in [1.82, 2.24) is 4.90 Å². The first-order valence-corrected chi connectivity index (χ1v) is 10.6. The van der Waals surface area contributed by atoms with Gasteiger partial charge in [-0.2, -0.15) is 13.2 Å². The Bertz CT molecular complexity index is 830. The number of hydrogen-bond donors (Lipinski definition) is 1. The number of rotatable bonds is 8. The molecular weight excluding hydrogens is 408 g/mol. The van der Waals surface area contributed by atoms with Crippen LogP contribution in [0.1, 0.15) is 31.2 Å². The fourth-order valence-electron chi connectivity index (χ4n) is 3.92. The largest absolute Gasteiger partial charge is 0.416 e. The van der Waals surface area contributed by atoms with Gasteiger partial charge in [-0.05, 0) is 87.2 Å². The predicted octanol–water partition coefficient (Wildman–Crippen LogP) is 5.10. The number of alkyl halides is 3. The summed E-state index contributed by atoms with van der Waals surface area (Å²) in [7, 11) is 2.04. The molecule has 0 bridgehead atoms. The van der Waals surface area contributed by atoms with Gasteiger partial charge in [-0.25, -0.2) is 4.39 Å². The molecule has 2 N–H and O–H groups in total. The van der Waals surface area contributed by atoms with Gasteiger partial charge in [0.25, 0.3) is 0 Å². The van der Waals surface area contributed by atoms with E-state index in [-0.39, 0.29) is 35.0 Å². The first-order chi connectivity index (χ1) is 14.6. The predicted molar refractivity (Wildman–Crippen MR) is 114 cm³/mol. The van der Waals surface area contributed by atoms with Crippen LogP contribution in [0.2, 0.25) is 0 Å². The van der Waals surface area contributed by atoms with Crippen LogP contribution in [-0.4, -0.2) is 44.4 Å². The van der Waals surface area contributed by atoms with Crippen molar-refractivity contribution < 1.29 is 22.3 Å². The summed E-state index contributed by atoms with van der Waals surface area (Å²) >= 11 is 0. The first kappa shape index (κ1) is 23.5. The average Bonchev–Trinajstić information content (AvgIpc) is 3.54. The van der Waals surface area contributed by atoms with Crippen molar-refractivity contribution in [3.8, 4) is 0 Å². The molecule has 31 heavy (non-hydrogen) atoms. The second-order valence-corrected chi connectivity index (χ2v) is 8.76. The Kier molecular flexibility index (Phi) is 7.27. The molecule has 0 radical (unpaired) electrons. The minimum atomic E-state index is -4.51. The Morgan fingerprint density at radius 2 is 1.81 bits per heavy atom. The standard InChI is InChI=1S/C24H30F4N2O/c1-17(13-20(24(26,27)28)14-22(29)18-3-4-18)15-31-16-23(9-11-30(2)12-10-23)19-5-7-21(25)8-6-19/h5-8,13-14,18H,1,3-4,9-12,15-16,29H2,2H3/b20-13+,22-14-. The molecule has 170 valence electrons. The molecule has 1 saturated heterocycles. The summed E-state index contributed by atoms with van der Waals surface area (Å²) in [6.45, 7) is 5.80. The molecule has 1 heterocycles. The summed E-state index contributed by atoms with van der Waals surface area (Å²) in [4.78, 5) is 2.22. The highest BCUT2D eigenvalue weighted by atomic mass is 19.4. The van der Waals surface area contributed by atoms with E-state index in [4.69, 9.17) is 10.5 Å². The summed E-state index contributed by atoms with van der Waals surface area (Å²) in [6, 6.07) is 6.41. The summed E-state index contributed by atoms with van der Waals surface area (Å²) in [5, 5.41) is 0. The van der Waals surface area contributed by atoms with Crippen LogP contribution >= 0.6 is 0 Å². The average molecular weight is 439 g/mol. The number of benzene rings is 1. The second kappa shape index (κ2) is 9.57. The molecule has 1 aliphatic carbocycles. The van der Waals surface area contributed by atoms with Gasteiger partial charge in [0.15, 0.2) is 0 Å². The maximum atomic E-state index is 13.4. The lowest BCUT2D eigenvalue weighted by Crippen LogP contribution is -2.44. The van der Waals surface area contributed by atoms with Crippen molar-refractivity contribution in [3.63, 3.8) is 0 Å². The Morgan fingerprint density at radius 1 is 1.19 bits per heavy atom. The molecule has 1 saturated carbocycles. The number of ether oxygens (including phenoxy) is 1. The number of halogens is 4. The van der Waals surface area contributed by atoms with E-state index in [2.05, 4.69) is 11.5 Å². The molecule has 1 aliphatic heterocycles. The maximum absolute atomic E-state index is 13.4. The van der Waals surface area contributed by atoms with E-state index in [0.29, 0.717) is 6.61 Å². The van der Waals surface area contributed by atoms with E-state index in [1.54, 1.807) is 12.1 Å². The summed E-state index contributed by atoms with van der Waals surface area (Å²) in [6.07, 6.45) is 0.828. The molecule has 7 heteroatoms. The van der Waals surface area contributed by atoms with Crippen molar-refractivity contribution in [3.05, 3.63) is 71.2 Å². The van der Waals surface area contributed by atoms with Gasteiger partial charge in [0.1, 0.15) is 5.82 Å². The van der Waals surface area contributed by atoms with Crippen LogP contribution in [0.3, 0.4) is 0 Å². The van der Waals surface area contributed by atoms with Gasteiger partial charge >= 0.3 is 6.18 Å². The van der Waals surface area contributed by atoms with Crippen LogP contribution in [-0.2, 0) is 10.2 Å². The van der Waals surface area contributed by atoms with Crippen molar-refractivity contribution in [1.29, 1.82) is 0 Å². The Morgan fingerprint density at radius 3 is 2.35 bits per heavy atom. The van der Waals surface area contributed by atoms with E-state index in [0.717, 1.165) is 56.5 Å². The minimum absolute atomic E-state index is 0.0183. The quantitative estimate of drug-likeness (QED) is 0.453. The maximum Gasteiger partial charge on any atom is 0.416 e. The molecule has 3 nitrogen and oxygen atoms in total. The lowest BCUT2D eigenvalue weighted by atomic mass is 9.73. The Labute approximate surface area is 181 Å². The van der Waals surface area contributed by atoms with Gasteiger partial charge in [-0.15, -0.1) is 0 Å². The van der Waals surface area contributed by atoms with Gasteiger partial charge in [0, 0.05) is 11.1 Å². The smallest absolute Gasteiger partial charge is 0.402 e. The zero-order valence-corrected chi connectivity index (χ0v) is 17.9. The molecule has 1 aromatic rings. The van der Waals surface area contributed by atoms with E-state index >= 15 is 0 Å². The number of hydrogen-bond acceptors (Lipinski definition) is 3. The summed E-state index contributed by atoms with van der Waals surface area (Å²) in [5.74, 6) is -0.250. The lowest BCUT2D eigenvalue weighted by molar-refractivity contribution is -0.0883. The van der Waals surface area contributed by atoms with Crippen LogP contribution < -0.4 is 5.73 Å². The number of nitrogens with two attached hydrogens (primary N) is 1. The van der Waals surface area contributed by atoms with Crippen LogP contribution in [0.15, 0.2) is 59.8 Å². The molecule has 2 aliphatic rings. The summed E-state index contributed by atoms with van der Waals surface area (Å²) in [5.41, 5.74) is 6.16. The molecule has 0 atom stereocenters. The Balaban J connectivity index is 1.67.